The highest BCUT2D eigenvalue weighted by Crippen LogP contribution is 2.20. The number of hydrazine groups is 1. The standard InChI is InChI=1S/C22H22N4O4/c27-21(28)19(9-13-11-23-17-7-3-1-5-15(13)17)25-26-20(22(29)30)10-14-12-24-18-8-4-2-6-16(14)18/h1-8,11-12,19-20,23-26H,9-10H2,(H,27,28)(H,29,30)/t19-,20-/m0/s1. The molecule has 6 N–H and O–H groups in total. The molecule has 0 aliphatic rings. The molecule has 2 atom stereocenters. The zero-order chi connectivity index (χ0) is 21.1. The number of hydrogen-bond donors (Lipinski definition) is 6. The summed E-state index contributed by atoms with van der Waals surface area (Å²) in [5, 5.41) is 21.1. The molecule has 0 radical (unpaired) electrons. The number of hydrogen-bond acceptors (Lipinski definition) is 4. The number of carbonyl (C=O) groups is 2. The van der Waals surface area contributed by atoms with Crippen molar-refractivity contribution in [1.82, 2.24) is 20.8 Å². The van der Waals surface area contributed by atoms with E-state index in [0.717, 1.165) is 32.9 Å². The van der Waals surface area contributed by atoms with E-state index in [0.29, 0.717) is 0 Å². The van der Waals surface area contributed by atoms with Crippen molar-refractivity contribution in [2.24, 2.45) is 0 Å². The van der Waals surface area contributed by atoms with Crippen molar-refractivity contribution in [3.8, 4) is 0 Å². The smallest absolute Gasteiger partial charge is 0.322 e. The zero-order valence-electron chi connectivity index (χ0n) is 16.1. The van der Waals surface area contributed by atoms with E-state index < -0.39 is 24.0 Å². The summed E-state index contributed by atoms with van der Waals surface area (Å²) < 4.78 is 0. The maximum Gasteiger partial charge on any atom is 0.322 e. The topological polar surface area (TPSA) is 130 Å². The third-order valence-electron chi connectivity index (χ3n) is 5.23. The number of aromatic nitrogens is 2. The fraction of sp³-hybridized carbons (Fsp3) is 0.182. The van der Waals surface area contributed by atoms with E-state index in [1.165, 1.54) is 0 Å². The van der Waals surface area contributed by atoms with Gasteiger partial charge in [-0.2, -0.15) is 0 Å². The Bertz CT molecular complexity index is 1100. The number of aromatic amines is 2. The van der Waals surface area contributed by atoms with E-state index >= 15 is 0 Å². The van der Waals surface area contributed by atoms with Crippen LogP contribution in [0.3, 0.4) is 0 Å². The Morgan fingerprint density at radius 3 is 1.53 bits per heavy atom. The van der Waals surface area contributed by atoms with Crippen molar-refractivity contribution >= 4 is 33.7 Å². The highest BCUT2D eigenvalue weighted by Gasteiger charge is 2.24. The molecule has 0 unspecified atom stereocenters. The molecule has 0 amide bonds. The second kappa shape index (κ2) is 8.40. The van der Waals surface area contributed by atoms with Crippen LogP contribution in [0.5, 0.6) is 0 Å². The number of carboxylic acids is 2. The van der Waals surface area contributed by atoms with Crippen LogP contribution in [-0.2, 0) is 22.4 Å². The summed E-state index contributed by atoms with van der Waals surface area (Å²) in [6.07, 6.45) is 3.96. The fourth-order valence-electron chi connectivity index (χ4n) is 3.64. The Balaban J connectivity index is 1.47. The fourth-order valence-corrected chi connectivity index (χ4v) is 3.64. The third kappa shape index (κ3) is 4.05. The van der Waals surface area contributed by atoms with Crippen LogP contribution in [0.15, 0.2) is 60.9 Å². The molecule has 154 valence electrons. The molecular weight excluding hydrogens is 384 g/mol. The summed E-state index contributed by atoms with van der Waals surface area (Å²) >= 11 is 0. The first-order chi connectivity index (χ1) is 14.5. The Morgan fingerprint density at radius 1 is 0.733 bits per heavy atom. The predicted octanol–water partition coefficient (Wildman–Crippen LogP) is 2.43. The summed E-state index contributed by atoms with van der Waals surface area (Å²) in [6, 6.07) is 13.3. The van der Waals surface area contributed by atoms with Crippen LogP contribution in [0.4, 0.5) is 0 Å². The lowest BCUT2D eigenvalue weighted by atomic mass is 10.0. The number of benzene rings is 2. The van der Waals surface area contributed by atoms with Gasteiger partial charge in [0.25, 0.3) is 0 Å². The molecule has 2 aromatic heterocycles. The Kier molecular flexibility index (Phi) is 5.51. The molecule has 0 fully saturated rings. The molecule has 2 aromatic carbocycles. The van der Waals surface area contributed by atoms with Crippen LogP contribution in [-0.4, -0.2) is 44.2 Å². The van der Waals surface area contributed by atoms with Gasteiger partial charge in [0, 0.05) is 47.0 Å². The van der Waals surface area contributed by atoms with Crippen molar-refractivity contribution < 1.29 is 19.8 Å². The van der Waals surface area contributed by atoms with Crippen molar-refractivity contribution in [2.75, 3.05) is 0 Å². The number of rotatable bonds is 9. The quantitative estimate of drug-likeness (QED) is 0.237. The van der Waals surface area contributed by atoms with Crippen molar-refractivity contribution in [3.63, 3.8) is 0 Å². The lowest BCUT2D eigenvalue weighted by molar-refractivity contribution is -0.143. The molecule has 4 aromatic rings. The first kappa shape index (κ1) is 19.7. The zero-order valence-corrected chi connectivity index (χ0v) is 16.1. The first-order valence-corrected chi connectivity index (χ1v) is 9.59. The van der Waals surface area contributed by atoms with Gasteiger partial charge in [0.15, 0.2) is 0 Å². The van der Waals surface area contributed by atoms with E-state index in [1.54, 1.807) is 12.4 Å². The van der Waals surface area contributed by atoms with Crippen LogP contribution in [0.2, 0.25) is 0 Å². The van der Waals surface area contributed by atoms with E-state index in [-0.39, 0.29) is 12.8 Å². The second-order valence-electron chi connectivity index (χ2n) is 7.20. The van der Waals surface area contributed by atoms with Gasteiger partial charge in [0.1, 0.15) is 12.1 Å². The molecular formula is C22H22N4O4. The molecule has 0 saturated heterocycles. The minimum absolute atomic E-state index is 0.200. The average molecular weight is 406 g/mol. The van der Waals surface area contributed by atoms with E-state index in [4.69, 9.17) is 0 Å². The number of nitrogens with one attached hydrogen (secondary N) is 4. The van der Waals surface area contributed by atoms with Gasteiger partial charge in [-0.25, -0.2) is 10.9 Å². The summed E-state index contributed by atoms with van der Waals surface area (Å²) in [5.74, 6) is -2.13. The summed E-state index contributed by atoms with van der Waals surface area (Å²) in [7, 11) is 0. The van der Waals surface area contributed by atoms with Crippen molar-refractivity contribution in [3.05, 3.63) is 72.1 Å². The van der Waals surface area contributed by atoms with Crippen molar-refractivity contribution in [2.45, 2.75) is 24.9 Å². The number of fused-ring (bicyclic) bond motifs is 2. The Labute approximate surface area is 171 Å². The average Bonchev–Trinajstić information content (AvgIpc) is 3.34. The molecule has 0 aliphatic carbocycles. The van der Waals surface area contributed by atoms with Crippen LogP contribution in [0, 0.1) is 0 Å². The van der Waals surface area contributed by atoms with E-state index in [1.807, 2.05) is 48.5 Å². The van der Waals surface area contributed by atoms with Gasteiger partial charge in [-0.15, -0.1) is 0 Å². The number of aliphatic carboxylic acids is 2. The minimum atomic E-state index is -1.07. The molecule has 0 aliphatic heterocycles. The van der Waals surface area contributed by atoms with Gasteiger partial charge in [-0.3, -0.25) is 9.59 Å². The lowest BCUT2D eigenvalue weighted by Crippen LogP contribution is -2.53. The largest absolute Gasteiger partial charge is 0.480 e. The molecule has 8 heteroatoms. The van der Waals surface area contributed by atoms with E-state index in [2.05, 4.69) is 20.8 Å². The summed E-state index contributed by atoms with van der Waals surface area (Å²) in [4.78, 5) is 29.8. The van der Waals surface area contributed by atoms with Crippen molar-refractivity contribution in [1.29, 1.82) is 0 Å². The summed E-state index contributed by atoms with van der Waals surface area (Å²) in [6.45, 7) is 0. The lowest BCUT2D eigenvalue weighted by Gasteiger charge is -2.19. The number of H-pyrrole nitrogens is 2. The highest BCUT2D eigenvalue weighted by atomic mass is 16.4. The van der Waals surface area contributed by atoms with Crippen LogP contribution >= 0.6 is 0 Å². The maximum absolute atomic E-state index is 11.8. The SMILES string of the molecule is O=C(O)[C@H](Cc1c[nH]c2ccccc12)NN[C@@H](Cc1c[nH]c2ccccc12)C(=O)O. The molecule has 0 bridgehead atoms. The highest BCUT2D eigenvalue weighted by molar-refractivity contribution is 5.85. The predicted molar refractivity (Wildman–Crippen MR) is 113 cm³/mol. The second-order valence-corrected chi connectivity index (χ2v) is 7.20. The van der Waals surface area contributed by atoms with Gasteiger partial charge in [-0.1, -0.05) is 36.4 Å². The Hall–Kier alpha value is -3.62. The van der Waals surface area contributed by atoms with Gasteiger partial charge >= 0.3 is 11.9 Å². The minimum Gasteiger partial charge on any atom is -0.480 e. The first-order valence-electron chi connectivity index (χ1n) is 9.59. The number of carboxylic acid groups (broad SMARTS) is 2. The van der Waals surface area contributed by atoms with Crippen LogP contribution < -0.4 is 10.9 Å². The maximum atomic E-state index is 11.8. The van der Waals surface area contributed by atoms with Gasteiger partial charge in [-0.05, 0) is 23.3 Å². The molecule has 0 spiro atoms. The normalized spacial score (nSPS) is 13.5. The third-order valence-corrected chi connectivity index (χ3v) is 5.23. The molecule has 8 nitrogen and oxygen atoms in total. The van der Waals surface area contributed by atoms with Gasteiger partial charge < -0.3 is 20.2 Å². The molecule has 0 saturated carbocycles. The number of para-hydroxylation sites is 2. The molecule has 30 heavy (non-hydrogen) atoms. The van der Waals surface area contributed by atoms with Gasteiger partial charge in [0.2, 0.25) is 0 Å². The Morgan fingerprint density at radius 2 is 1.13 bits per heavy atom. The molecule has 2 heterocycles. The van der Waals surface area contributed by atoms with Crippen LogP contribution in [0.1, 0.15) is 11.1 Å². The summed E-state index contributed by atoms with van der Waals surface area (Å²) in [5.41, 5.74) is 8.95. The van der Waals surface area contributed by atoms with Gasteiger partial charge in [0.05, 0.1) is 0 Å². The monoisotopic (exact) mass is 406 g/mol. The molecule has 4 rings (SSSR count). The van der Waals surface area contributed by atoms with Crippen LogP contribution in [0.25, 0.3) is 21.8 Å². The van der Waals surface area contributed by atoms with E-state index in [9.17, 15) is 19.8 Å².